The largest absolute Gasteiger partial charge is 0.453 e. The molecule has 0 spiro atoms. The van der Waals surface area contributed by atoms with Crippen molar-refractivity contribution in [2.75, 3.05) is 17.7 Å². The summed E-state index contributed by atoms with van der Waals surface area (Å²) in [7, 11) is 1.15. The minimum atomic E-state index is -0.837. The van der Waals surface area contributed by atoms with Crippen molar-refractivity contribution in [1.82, 2.24) is 0 Å². The highest BCUT2D eigenvalue weighted by atomic mass is 35.5. The maximum atomic E-state index is 13.8. The second kappa shape index (κ2) is 7.90. The highest BCUT2D eigenvalue weighted by Gasteiger charge is 2.20. The molecule has 1 heterocycles. The Balaban J connectivity index is 1.91. The molecule has 2 N–H and O–H groups in total. The Morgan fingerprint density at radius 2 is 1.85 bits per heavy atom. The quantitative estimate of drug-likeness (QED) is 0.486. The van der Waals surface area contributed by atoms with Gasteiger partial charge in [0.2, 0.25) is 0 Å². The molecule has 10 heteroatoms. The van der Waals surface area contributed by atoms with Crippen molar-refractivity contribution in [3.8, 4) is 0 Å². The van der Waals surface area contributed by atoms with Gasteiger partial charge in [-0.1, -0.05) is 34.8 Å². The molecule has 0 aliphatic heterocycles. The molecule has 0 saturated heterocycles. The van der Waals surface area contributed by atoms with Gasteiger partial charge in [-0.3, -0.25) is 10.1 Å². The fraction of sp³-hybridized carbons (Fsp3) is 0.0588. The van der Waals surface area contributed by atoms with Crippen molar-refractivity contribution in [3.05, 3.63) is 56.1 Å². The smallest absolute Gasteiger partial charge is 0.411 e. The van der Waals surface area contributed by atoms with Crippen LogP contribution in [0.15, 0.2) is 30.3 Å². The van der Waals surface area contributed by atoms with E-state index in [1.807, 2.05) is 0 Å². The van der Waals surface area contributed by atoms with Crippen LogP contribution in [0.4, 0.5) is 20.6 Å². The van der Waals surface area contributed by atoms with E-state index in [-0.39, 0.29) is 21.3 Å². The lowest BCUT2D eigenvalue weighted by molar-refractivity contribution is 0.103. The first-order valence-corrected chi connectivity index (χ1v) is 9.28. The predicted octanol–water partition coefficient (Wildman–Crippen LogP) is 6.43. The predicted molar refractivity (Wildman–Crippen MR) is 107 cm³/mol. The fourth-order valence-corrected chi connectivity index (χ4v) is 4.58. The van der Waals surface area contributed by atoms with E-state index < -0.39 is 17.8 Å². The lowest BCUT2D eigenvalue weighted by Crippen LogP contribution is -2.14. The maximum absolute atomic E-state index is 13.8. The third-order valence-corrected chi connectivity index (χ3v) is 5.64. The average Bonchev–Trinajstić information content (AvgIpc) is 2.94. The van der Waals surface area contributed by atoms with Gasteiger partial charge < -0.3 is 10.1 Å². The summed E-state index contributed by atoms with van der Waals surface area (Å²) >= 11 is 19.6. The molecule has 0 fully saturated rings. The number of fused-ring (bicyclic) bond motifs is 1. The number of hydrogen-bond acceptors (Lipinski definition) is 4. The highest BCUT2D eigenvalue weighted by molar-refractivity contribution is 7.21. The van der Waals surface area contributed by atoms with Gasteiger partial charge in [0.15, 0.2) is 0 Å². The second-order valence-corrected chi connectivity index (χ2v) is 7.55. The molecule has 0 aliphatic rings. The first-order chi connectivity index (χ1) is 12.8. The number of nitrogens with one attached hydrogen (secondary N) is 2. The Labute approximate surface area is 172 Å². The molecule has 0 aliphatic carbocycles. The van der Waals surface area contributed by atoms with Crippen LogP contribution in [0.25, 0.3) is 10.1 Å². The van der Waals surface area contributed by atoms with Gasteiger partial charge in [-0.05, 0) is 30.3 Å². The van der Waals surface area contributed by atoms with Crippen molar-refractivity contribution in [2.45, 2.75) is 0 Å². The zero-order valence-corrected chi connectivity index (χ0v) is 16.6. The van der Waals surface area contributed by atoms with Crippen LogP contribution < -0.4 is 10.6 Å². The van der Waals surface area contributed by atoms with E-state index in [1.54, 1.807) is 6.07 Å². The Kier molecular flexibility index (Phi) is 5.76. The van der Waals surface area contributed by atoms with Crippen molar-refractivity contribution >= 4 is 79.6 Å². The maximum Gasteiger partial charge on any atom is 0.411 e. The molecule has 3 rings (SSSR count). The van der Waals surface area contributed by atoms with Crippen LogP contribution in [0.5, 0.6) is 0 Å². The molecule has 0 unspecified atom stereocenters. The van der Waals surface area contributed by atoms with Gasteiger partial charge in [0.25, 0.3) is 5.91 Å². The fourth-order valence-electron chi connectivity index (χ4n) is 2.31. The number of thiophene rings is 1. The minimum absolute atomic E-state index is 0.142. The Bertz CT molecular complexity index is 1070. The third kappa shape index (κ3) is 4.11. The topological polar surface area (TPSA) is 67.4 Å². The number of anilines is 2. The molecule has 140 valence electrons. The van der Waals surface area contributed by atoms with E-state index in [9.17, 15) is 14.0 Å². The highest BCUT2D eigenvalue weighted by Crippen LogP contribution is 2.41. The standard InChI is InChI=1S/C17H10Cl3FN2O3S/c1-26-17(25)23-11-6-8(2-3-10(11)21)22-16(24)15-14(20)13-9(19)4-7(18)5-12(13)27-15/h2-6H,1H3,(H,22,24)(H,23,25). The summed E-state index contributed by atoms with van der Waals surface area (Å²) < 4.78 is 18.9. The number of methoxy groups -OCH3 is 1. The molecule has 0 radical (unpaired) electrons. The number of halogens is 4. The van der Waals surface area contributed by atoms with Crippen LogP contribution in [0.3, 0.4) is 0 Å². The summed E-state index contributed by atoms with van der Waals surface area (Å²) in [6.07, 6.45) is -0.837. The molecule has 1 aromatic heterocycles. The molecule has 0 atom stereocenters. The second-order valence-electron chi connectivity index (χ2n) is 5.27. The summed E-state index contributed by atoms with van der Waals surface area (Å²) in [4.78, 5) is 24.1. The number of hydrogen-bond donors (Lipinski definition) is 2. The SMILES string of the molecule is COC(=O)Nc1cc(NC(=O)c2sc3cc(Cl)cc(Cl)c3c2Cl)ccc1F. The van der Waals surface area contributed by atoms with Gasteiger partial charge in [0.1, 0.15) is 10.7 Å². The van der Waals surface area contributed by atoms with Gasteiger partial charge >= 0.3 is 6.09 Å². The number of carbonyl (C=O) groups is 2. The molecule has 27 heavy (non-hydrogen) atoms. The van der Waals surface area contributed by atoms with Crippen LogP contribution in [-0.4, -0.2) is 19.1 Å². The normalized spacial score (nSPS) is 10.7. The molecule has 2 amide bonds. The van der Waals surface area contributed by atoms with Gasteiger partial charge in [-0.15, -0.1) is 11.3 Å². The third-order valence-electron chi connectivity index (χ3n) is 3.50. The number of amides is 2. The van der Waals surface area contributed by atoms with Gasteiger partial charge in [-0.2, -0.15) is 0 Å². The van der Waals surface area contributed by atoms with E-state index in [0.717, 1.165) is 24.5 Å². The Morgan fingerprint density at radius 3 is 2.56 bits per heavy atom. The van der Waals surface area contributed by atoms with E-state index in [4.69, 9.17) is 34.8 Å². The molecule has 3 aromatic rings. The van der Waals surface area contributed by atoms with E-state index in [1.165, 1.54) is 18.2 Å². The van der Waals surface area contributed by atoms with Crippen molar-refractivity contribution in [1.29, 1.82) is 0 Å². The van der Waals surface area contributed by atoms with Crippen LogP contribution in [0.2, 0.25) is 15.1 Å². The van der Waals surface area contributed by atoms with E-state index in [2.05, 4.69) is 15.4 Å². The Hall–Kier alpha value is -2.06. The summed E-state index contributed by atoms with van der Waals surface area (Å²) in [5.41, 5.74) is 0.113. The monoisotopic (exact) mass is 446 g/mol. The van der Waals surface area contributed by atoms with Crippen LogP contribution in [0.1, 0.15) is 9.67 Å². The molecule has 2 aromatic carbocycles. The van der Waals surface area contributed by atoms with Gasteiger partial charge in [0, 0.05) is 20.8 Å². The first-order valence-electron chi connectivity index (χ1n) is 7.33. The van der Waals surface area contributed by atoms with E-state index >= 15 is 0 Å². The average molecular weight is 448 g/mol. The molecule has 0 saturated carbocycles. The summed E-state index contributed by atoms with van der Waals surface area (Å²) in [5.74, 6) is -1.19. The number of carbonyl (C=O) groups excluding carboxylic acids is 2. The zero-order valence-electron chi connectivity index (χ0n) is 13.5. The lowest BCUT2D eigenvalue weighted by atomic mass is 10.2. The lowest BCUT2D eigenvalue weighted by Gasteiger charge is -2.09. The van der Waals surface area contributed by atoms with Crippen LogP contribution in [0, 0.1) is 5.82 Å². The molecular formula is C17H10Cl3FN2O3S. The van der Waals surface area contributed by atoms with Crippen molar-refractivity contribution in [3.63, 3.8) is 0 Å². The van der Waals surface area contributed by atoms with Crippen LogP contribution >= 0.6 is 46.1 Å². The van der Waals surface area contributed by atoms with Crippen molar-refractivity contribution in [2.24, 2.45) is 0 Å². The number of benzene rings is 2. The first kappa shape index (κ1) is 19.7. The molecule has 5 nitrogen and oxygen atoms in total. The molecular weight excluding hydrogens is 438 g/mol. The minimum Gasteiger partial charge on any atom is -0.453 e. The summed E-state index contributed by atoms with van der Waals surface area (Å²) in [5, 5.41) is 6.32. The van der Waals surface area contributed by atoms with E-state index in [0.29, 0.717) is 20.1 Å². The van der Waals surface area contributed by atoms with Crippen LogP contribution in [-0.2, 0) is 4.74 Å². The molecule has 0 bridgehead atoms. The number of rotatable bonds is 3. The number of ether oxygens (including phenoxy) is 1. The Morgan fingerprint density at radius 1 is 1.11 bits per heavy atom. The van der Waals surface area contributed by atoms with Gasteiger partial charge in [-0.25, -0.2) is 9.18 Å². The zero-order chi connectivity index (χ0) is 19.7. The summed E-state index contributed by atoms with van der Waals surface area (Å²) in [6, 6.07) is 6.91. The summed E-state index contributed by atoms with van der Waals surface area (Å²) in [6.45, 7) is 0. The van der Waals surface area contributed by atoms with Gasteiger partial charge in [0.05, 0.1) is 22.8 Å². The van der Waals surface area contributed by atoms with Crippen molar-refractivity contribution < 1.29 is 18.7 Å².